The fraction of sp³-hybridized carbons (Fsp3) is 0.933. The second-order valence-electron chi connectivity index (χ2n) is 6.63. The Morgan fingerprint density at radius 3 is 3.05 bits per heavy atom. The van der Waals surface area contributed by atoms with Gasteiger partial charge in [-0.2, -0.15) is 11.8 Å². The van der Waals surface area contributed by atoms with Gasteiger partial charge in [-0.15, -0.1) is 0 Å². The zero-order valence-corrected chi connectivity index (χ0v) is 13.1. The van der Waals surface area contributed by atoms with E-state index in [1.807, 2.05) is 11.8 Å². The standard InChI is InChI=1S/C15H26N2O2S/c1-15(7-3-9-20-15)10-16-14(18)17-12-4-2-5-13-11(12)6-8-19-13/h11-13H,2-10H2,1H3,(H2,16,17,18)/t11-,12+,13-,15+/m0/s1. The molecule has 3 rings (SSSR count). The number of ether oxygens (including phenoxy) is 1. The zero-order chi connectivity index (χ0) is 14.0. The van der Waals surface area contributed by atoms with Gasteiger partial charge in [0.2, 0.25) is 0 Å². The number of amides is 2. The molecule has 4 nitrogen and oxygen atoms in total. The van der Waals surface area contributed by atoms with E-state index < -0.39 is 0 Å². The first-order valence-corrected chi connectivity index (χ1v) is 8.95. The maximum atomic E-state index is 12.1. The lowest BCUT2D eigenvalue weighted by Crippen LogP contribution is -2.51. The predicted molar refractivity (Wildman–Crippen MR) is 82.1 cm³/mol. The first-order valence-electron chi connectivity index (χ1n) is 7.96. The van der Waals surface area contributed by atoms with Crippen molar-refractivity contribution in [1.29, 1.82) is 0 Å². The summed E-state index contributed by atoms with van der Waals surface area (Å²) in [6.45, 7) is 3.90. The molecule has 3 fully saturated rings. The van der Waals surface area contributed by atoms with E-state index in [2.05, 4.69) is 17.6 Å². The van der Waals surface area contributed by atoms with E-state index in [9.17, 15) is 4.79 Å². The lowest BCUT2D eigenvalue weighted by molar-refractivity contribution is 0.0549. The Balaban J connectivity index is 1.46. The van der Waals surface area contributed by atoms with Gasteiger partial charge in [0.15, 0.2) is 0 Å². The van der Waals surface area contributed by atoms with E-state index in [1.54, 1.807) is 0 Å². The highest BCUT2D eigenvalue weighted by Gasteiger charge is 2.38. The Labute approximate surface area is 125 Å². The van der Waals surface area contributed by atoms with Crippen molar-refractivity contribution in [3.8, 4) is 0 Å². The van der Waals surface area contributed by atoms with Crippen molar-refractivity contribution in [3.05, 3.63) is 0 Å². The molecule has 2 amide bonds. The van der Waals surface area contributed by atoms with Gasteiger partial charge >= 0.3 is 6.03 Å². The summed E-state index contributed by atoms with van der Waals surface area (Å²) in [5.74, 6) is 1.76. The lowest BCUT2D eigenvalue weighted by Gasteiger charge is -2.33. The molecule has 2 heterocycles. The van der Waals surface area contributed by atoms with E-state index in [-0.39, 0.29) is 10.8 Å². The van der Waals surface area contributed by atoms with E-state index in [0.717, 1.165) is 26.0 Å². The summed E-state index contributed by atoms with van der Waals surface area (Å²) in [7, 11) is 0. The zero-order valence-electron chi connectivity index (χ0n) is 12.3. The van der Waals surface area contributed by atoms with Gasteiger partial charge in [-0.1, -0.05) is 0 Å². The average Bonchev–Trinajstić information content (AvgIpc) is 3.06. The van der Waals surface area contributed by atoms with Crippen molar-refractivity contribution >= 4 is 17.8 Å². The number of carbonyl (C=O) groups is 1. The fourth-order valence-electron chi connectivity index (χ4n) is 3.82. The Bertz CT molecular complexity index is 358. The summed E-state index contributed by atoms with van der Waals surface area (Å²) in [6.07, 6.45) is 7.40. The molecule has 0 radical (unpaired) electrons. The molecule has 0 aromatic heterocycles. The molecule has 1 saturated carbocycles. The molecule has 2 aliphatic heterocycles. The molecule has 0 unspecified atom stereocenters. The number of carbonyl (C=O) groups excluding carboxylic acids is 1. The van der Waals surface area contributed by atoms with Gasteiger partial charge in [0.25, 0.3) is 0 Å². The minimum Gasteiger partial charge on any atom is -0.378 e. The van der Waals surface area contributed by atoms with Crippen LogP contribution >= 0.6 is 11.8 Å². The molecule has 4 atom stereocenters. The van der Waals surface area contributed by atoms with Crippen LogP contribution in [0.2, 0.25) is 0 Å². The third-order valence-corrected chi connectivity index (χ3v) is 6.56. The number of thioether (sulfide) groups is 1. The van der Waals surface area contributed by atoms with Gasteiger partial charge in [0.1, 0.15) is 0 Å². The van der Waals surface area contributed by atoms with Gasteiger partial charge in [-0.3, -0.25) is 0 Å². The van der Waals surface area contributed by atoms with Crippen molar-refractivity contribution < 1.29 is 9.53 Å². The van der Waals surface area contributed by atoms with E-state index >= 15 is 0 Å². The number of hydrogen-bond donors (Lipinski definition) is 2. The SMILES string of the molecule is C[C@]1(CNC(=O)N[C@@H]2CCC[C@@H]3OCC[C@H]32)CCCS1. The van der Waals surface area contributed by atoms with E-state index in [4.69, 9.17) is 4.74 Å². The molecule has 114 valence electrons. The van der Waals surface area contributed by atoms with Crippen LogP contribution in [-0.2, 0) is 4.74 Å². The molecule has 0 bridgehead atoms. The molecule has 0 aromatic rings. The second kappa shape index (κ2) is 6.14. The van der Waals surface area contributed by atoms with Gasteiger partial charge in [-0.25, -0.2) is 4.79 Å². The normalized spacial score (nSPS) is 40.4. The molecule has 2 N–H and O–H groups in total. The number of urea groups is 1. The summed E-state index contributed by atoms with van der Waals surface area (Å²) in [4.78, 5) is 12.1. The number of nitrogens with one attached hydrogen (secondary N) is 2. The van der Waals surface area contributed by atoms with Crippen molar-refractivity contribution in [2.45, 2.75) is 62.3 Å². The summed E-state index contributed by atoms with van der Waals surface area (Å²) < 4.78 is 5.99. The number of hydrogen-bond acceptors (Lipinski definition) is 3. The smallest absolute Gasteiger partial charge is 0.315 e. The maximum absolute atomic E-state index is 12.1. The fourth-order valence-corrected chi connectivity index (χ4v) is 5.06. The largest absolute Gasteiger partial charge is 0.378 e. The minimum atomic E-state index is 0.0104. The van der Waals surface area contributed by atoms with Gasteiger partial charge in [-0.05, 0) is 51.2 Å². The highest BCUT2D eigenvalue weighted by Crippen LogP contribution is 2.37. The summed E-state index contributed by atoms with van der Waals surface area (Å²) in [5, 5.41) is 6.27. The predicted octanol–water partition coefficient (Wildman–Crippen LogP) is 2.53. The van der Waals surface area contributed by atoms with Crippen LogP contribution < -0.4 is 10.6 Å². The first kappa shape index (κ1) is 14.5. The van der Waals surface area contributed by atoms with Crippen LogP contribution in [0.25, 0.3) is 0 Å². The van der Waals surface area contributed by atoms with Gasteiger partial charge in [0.05, 0.1) is 6.10 Å². The topological polar surface area (TPSA) is 50.4 Å². The van der Waals surface area contributed by atoms with Crippen LogP contribution in [0.1, 0.15) is 45.4 Å². The molecule has 20 heavy (non-hydrogen) atoms. The Kier molecular flexibility index (Phi) is 4.46. The molecule has 3 aliphatic rings. The molecule has 0 spiro atoms. The molecular formula is C15H26N2O2S. The highest BCUT2D eigenvalue weighted by molar-refractivity contribution is 8.00. The van der Waals surface area contributed by atoms with Crippen molar-refractivity contribution in [3.63, 3.8) is 0 Å². The Morgan fingerprint density at radius 2 is 2.25 bits per heavy atom. The van der Waals surface area contributed by atoms with Crippen LogP contribution in [0.4, 0.5) is 4.79 Å². The minimum absolute atomic E-state index is 0.0104. The lowest BCUT2D eigenvalue weighted by atomic mass is 9.82. The second-order valence-corrected chi connectivity index (χ2v) is 8.31. The van der Waals surface area contributed by atoms with Gasteiger partial charge in [0, 0.05) is 29.9 Å². The van der Waals surface area contributed by atoms with Crippen LogP contribution in [0.3, 0.4) is 0 Å². The third-order valence-electron chi connectivity index (χ3n) is 5.02. The summed E-state index contributed by atoms with van der Waals surface area (Å²) in [6, 6.07) is 0.316. The van der Waals surface area contributed by atoms with Crippen LogP contribution in [-0.4, -0.2) is 41.8 Å². The van der Waals surface area contributed by atoms with E-state index in [1.165, 1.54) is 31.4 Å². The van der Waals surface area contributed by atoms with Crippen molar-refractivity contribution in [2.75, 3.05) is 18.9 Å². The van der Waals surface area contributed by atoms with Crippen LogP contribution in [0.15, 0.2) is 0 Å². The first-order chi connectivity index (χ1) is 9.66. The summed E-state index contributed by atoms with van der Waals surface area (Å²) in [5.41, 5.74) is 0. The average molecular weight is 298 g/mol. The quantitative estimate of drug-likeness (QED) is 0.842. The van der Waals surface area contributed by atoms with Crippen molar-refractivity contribution in [2.24, 2.45) is 5.92 Å². The molecule has 2 saturated heterocycles. The Morgan fingerprint density at radius 1 is 1.35 bits per heavy atom. The van der Waals surface area contributed by atoms with Crippen LogP contribution in [0.5, 0.6) is 0 Å². The van der Waals surface area contributed by atoms with Crippen LogP contribution in [0, 0.1) is 5.92 Å². The molecule has 5 heteroatoms. The number of rotatable bonds is 3. The highest BCUT2D eigenvalue weighted by atomic mass is 32.2. The maximum Gasteiger partial charge on any atom is 0.315 e. The monoisotopic (exact) mass is 298 g/mol. The molecule has 0 aromatic carbocycles. The molecular weight excluding hydrogens is 272 g/mol. The molecule has 1 aliphatic carbocycles. The van der Waals surface area contributed by atoms with E-state index in [0.29, 0.717) is 18.1 Å². The Hall–Kier alpha value is -0.420. The third kappa shape index (κ3) is 3.25. The van der Waals surface area contributed by atoms with Crippen molar-refractivity contribution in [1.82, 2.24) is 10.6 Å². The van der Waals surface area contributed by atoms with Gasteiger partial charge < -0.3 is 15.4 Å². The number of fused-ring (bicyclic) bond motifs is 1. The summed E-state index contributed by atoms with van der Waals surface area (Å²) >= 11 is 1.99.